The standard InChI is InChI=1S/C19H12N4O3S/c20-9-12-15(14-7-4-8-26-14)13(10-21)18(23-17(12)22)27-16(19(24)25)11-5-2-1-3-6-11/h1-8,16H,(H2,22,23)(H,24,25). The Labute approximate surface area is 158 Å². The van der Waals surface area contributed by atoms with Gasteiger partial charge in [-0.05, 0) is 17.7 Å². The van der Waals surface area contributed by atoms with Crippen molar-refractivity contribution in [3.8, 4) is 23.5 Å². The van der Waals surface area contributed by atoms with Crippen molar-refractivity contribution in [2.24, 2.45) is 0 Å². The number of aromatic nitrogens is 1. The number of thioether (sulfide) groups is 1. The van der Waals surface area contributed by atoms with Gasteiger partial charge in [0.2, 0.25) is 0 Å². The van der Waals surface area contributed by atoms with Gasteiger partial charge in [-0.15, -0.1) is 0 Å². The molecule has 1 aromatic carbocycles. The lowest BCUT2D eigenvalue weighted by Crippen LogP contribution is -2.10. The quantitative estimate of drug-likeness (QED) is 0.645. The van der Waals surface area contributed by atoms with Crippen LogP contribution in [0.4, 0.5) is 5.82 Å². The molecule has 0 spiro atoms. The Hall–Kier alpha value is -3.75. The maximum atomic E-state index is 11.8. The molecule has 0 saturated carbocycles. The Bertz CT molecular complexity index is 1070. The van der Waals surface area contributed by atoms with Crippen molar-refractivity contribution < 1.29 is 14.3 Å². The number of furan rings is 1. The number of nitriles is 2. The summed E-state index contributed by atoms with van der Waals surface area (Å²) in [6.45, 7) is 0. The van der Waals surface area contributed by atoms with Gasteiger partial charge in [-0.3, -0.25) is 4.79 Å². The molecule has 3 aromatic rings. The van der Waals surface area contributed by atoms with E-state index < -0.39 is 11.2 Å². The number of rotatable bonds is 5. The first-order chi connectivity index (χ1) is 13.1. The summed E-state index contributed by atoms with van der Waals surface area (Å²) in [6, 6.07) is 15.7. The highest BCUT2D eigenvalue weighted by atomic mass is 32.2. The van der Waals surface area contributed by atoms with E-state index in [1.807, 2.05) is 12.1 Å². The van der Waals surface area contributed by atoms with Gasteiger partial charge >= 0.3 is 5.97 Å². The number of hydrogen-bond acceptors (Lipinski definition) is 7. The van der Waals surface area contributed by atoms with Gasteiger partial charge in [-0.2, -0.15) is 10.5 Å². The van der Waals surface area contributed by atoms with Crippen LogP contribution in [0.1, 0.15) is 21.9 Å². The number of nitrogen functional groups attached to an aromatic ring is 1. The molecule has 0 saturated heterocycles. The van der Waals surface area contributed by atoms with Gasteiger partial charge < -0.3 is 15.3 Å². The van der Waals surface area contributed by atoms with E-state index in [1.165, 1.54) is 6.26 Å². The summed E-state index contributed by atoms with van der Waals surface area (Å²) in [5.74, 6) is -0.896. The minimum absolute atomic E-state index is 0.0115. The molecule has 1 atom stereocenters. The van der Waals surface area contributed by atoms with E-state index in [-0.39, 0.29) is 33.3 Å². The second-order valence-corrected chi connectivity index (χ2v) is 6.47. The molecule has 27 heavy (non-hydrogen) atoms. The molecule has 3 rings (SSSR count). The normalized spacial score (nSPS) is 11.3. The smallest absolute Gasteiger partial charge is 0.321 e. The average Bonchev–Trinajstić information content (AvgIpc) is 3.20. The number of anilines is 1. The van der Waals surface area contributed by atoms with Gasteiger partial charge in [0, 0.05) is 0 Å². The summed E-state index contributed by atoms with van der Waals surface area (Å²) < 4.78 is 5.34. The largest absolute Gasteiger partial charge is 0.480 e. The molecule has 0 aliphatic carbocycles. The van der Waals surface area contributed by atoms with Crippen LogP contribution in [-0.2, 0) is 4.79 Å². The van der Waals surface area contributed by atoms with Crippen LogP contribution in [0.15, 0.2) is 58.2 Å². The summed E-state index contributed by atoms with van der Waals surface area (Å²) in [5, 5.41) is 27.9. The highest BCUT2D eigenvalue weighted by Crippen LogP contribution is 2.41. The van der Waals surface area contributed by atoms with E-state index in [9.17, 15) is 20.4 Å². The van der Waals surface area contributed by atoms with Crippen LogP contribution in [0.2, 0.25) is 0 Å². The fourth-order valence-electron chi connectivity index (χ4n) is 2.55. The molecule has 2 aromatic heterocycles. The monoisotopic (exact) mass is 376 g/mol. The van der Waals surface area contributed by atoms with Crippen molar-refractivity contribution in [3.63, 3.8) is 0 Å². The predicted octanol–water partition coefficient (Wildman–Crippen LogP) is 3.59. The SMILES string of the molecule is N#Cc1c(N)nc(SC(C(=O)O)c2ccccc2)c(C#N)c1-c1ccco1. The second-order valence-electron chi connectivity index (χ2n) is 5.37. The van der Waals surface area contributed by atoms with Crippen LogP contribution in [-0.4, -0.2) is 16.1 Å². The Morgan fingerprint density at radius 2 is 1.85 bits per heavy atom. The van der Waals surface area contributed by atoms with E-state index in [0.29, 0.717) is 5.56 Å². The molecule has 7 nitrogen and oxygen atoms in total. The van der Waals surface area contributed by atoms with Gasteiger partial charge in [0.1, 0.15) is 39.6 Å². The number of hydrogen-bond donors (Lipinski definition) is 2. The fourth-order valence-corrected chi connectivity index (χ4v) is 3.58. The number of benzene rings is 1. The van der Waals surface area contributed by atoms with Crippen molar-refractivity contribution in [3.05, 3.63) is 65.4 Å². The lowest BCUT2D eigenvalue weighted by molar-refractivity contribution is -0.136. The summed E-state index contributed by atoms with van der Waals surface area (Å²) in [6.07, 6.45) is 1.41. The van der Waals surface area contributed by atoms with Crippen LogP contribution < -0.4 is 5.73 Å². The number of carboxylic acid groups (broad SMARTS) is 1. The van der Waals surface area contributed by atoms with E-state index in [2.05, 4.69) is 4.98 Å². The van der Waals surface area contributed by atoms with Crippen molar-refractivity contribution in [2.45, 2.75) is 10.3 Å². The number of nitrogens with zero attached hydrogens (tertiary/aromatic N) is 3. The van der Waals surface area contributed by atoms with E-state index in [0.717, 1.165) is 11.8 Å². The first-order valence-corrected chi connectivity index (χ1v) is 8.56. The van der Waals surface area contributed by atoms with Crippen LogP contribution in [0, 0.1) is 22.7 Å². The van der Waals surface area contributed by atoms with Crippen molar-refractivity contribution in [1.82, 2.24) is 4.98 Å². The highest BCUT2D eigenvalue weighted by molar-refractivity contribution is 8.00. The molecule has 0 aliphatic heterocycles. The summed E-state index contributed by atoms with van der Waals surface area (Å²) >= 11 is 0.882. The first-order valence-electron chi connectivity index (χ1n) is 7.68. The maximum absolute atomic E-state index is 11.8. The summed E-state index contributed by atoms with van der Waals surface area (Å²) in [4.78, 5) is 15.9. The van der Waals surface area contributed by atoms with Crippen LogP contribution in [0.5, 0.6) is 0 Å². The topological polar surface area (TPSA) is 137 Å². The molecule has 0 fully saturated rings. The number of pyridine rings is 1. The fraction of sp³-hybridized carbons (Fsp3) is 0.0526. The van der Waals surface area contributed by atoms with Crippen LogP contribution in [0.25, 0.3) is 11.3 Å². The van der Waals surface area contributed by atoms with Crippen molar-refractivity contribution in [2.75, 3.05) is 5.73 Å². The zero-order valence-electron chi connectivity index (χ0n) is 13.8. The Morgan fingerprint density at radius 3 is 2.41 bits per heavy atom. The van der Waals surface area contributed by atoms with Gasteiger partial charge in [-0.25, -0.2) is 4.98 Å². The summed E-state index contributed by atoms with van der Waals surface area (Å²) in [7, 11) is 0. The maximum Gasteiger partial charge on any atom is 0.321 e. The minimum Gasteiger partial charge on any atom is -0.480 e. The third-order valence-corrected chi connectivity index (χ3v) is 4.97. The number of carbonyl (C=O) groups is 1. The molecule has 0 aliphatic rings. The molecule has 0 radical (unpaired) electrons. The average molecular weight is 376 g/mol. The second kappa shape index (κ2) is 7.65. The van der Waals surface area contributed by atoms with Gasteiger partial charge in [0.15, 0.2) is 0 Å². The van der Waals surface area contributed by atoms with Crippen LogP contribution >= 0.6 is 11.8 Å². The molecule has 8 heteroatoms. The van der Waals surface area contributed by atoms with Crippen LogP contribution in [0.3, 0.4) is 0 Å². The number of carboxylic acids is 1. The molecular weight excluding hydrogens is 364 g/mol. The first kappa shape index (κ1) is 18.1. The Kier molecular flexibility index (Phi) is 5.11. The molecule has 132 valence electrons. The predicted molar refractivity (Wildman–Crippen MR) is 98.5 cm³/mol. The zero-order chi connectivity index (χ0) is 19.4. The molecule has 1 unspecified atom stereocenters. The molecular formula is C19H12N4O3S. The zero-order valence-corrected chi connectivity index (χ0v) is 14.6. The Morgan fingerprint density at radius 1 is 1.15 bits per heavy atom. The number of aliphatic carboxylic acids is 1. The molecule has 2 heterocycles. The third kappa shape index (κ3) is 3.47. The van der Waals surface area contributed by atoms with Crippen molar-refractivity contribution in [1.29, 1.82) is 10.5 Å². The molecule has 0 bridgehead atoms. The van der Waals surface area contributed by atoms with Gasteiger partial charge in [0.05, 0.1) is 17.4 Å². The lowest BCUT2D eigenvalue weighted by atomic mass is 10.0. The lowest BCUT2D eigenvalue weighted by Gasteiger charge is -2.15. The highest BCUT2D eigenvalue weighted by Gasteiger charge is 2.27. The van der Waals surface area contributed by atoms with E-state index in [1.54, 1.807) is 42.5 Å². The van der Waals surface area contributed by atoms with E-state index >= 15 is 0 Å². The third-order valence-electron chi connectivity index (χ3n) is 3.74. The Balaban J connectivity index is 2.18. The van der Waals surface area contributed by atoms with Crippen molar-refractivity contribution >= 4 is 23.5 Å². The molecule has 3 N–H and O–H groups in total. The van der Waals surface area contributed by atoms with E-state index in [4.69, 9.17) is 10.2 Å². The van der Waals surface area contributed by atoms with Gasteiger partial charge in [0.25, 0.3) is 0 Å². The number of nitrogens with two attached hydrogens (primary N) is 1. The van der Waals surface area contributed by atoms with Gasteiger partial charge in [-0.1, -0.05) is 42.1 Å². The minimum atomic E-state index is -1.08. The summed E-state index contributed by atoms with van der Waals surface area (Å²) in [5.41, 5.74) is 6.71. The molecule has 0 amide bonds.